The van der Waals surface area contributed by atoms with Gasteiger partial charge >= 0.3 is 5.97 Å². The molecule has 0 atom stereocenters. The second-order valence-corrected chi connectivity index (χ2v) is 1.81. The van der Waals surface area contributed by atoms with E-state index in [1.165, 1.54) is 7.11 Å². The van der Waals surface area contributed by atoms with Crippen LogP contribution in [-0.4, -0.2) is 32.1 Å². The van der Waals surface area contributed by atoms with Gasteiger partial charge in [0.15, 0.2) is 5.96 Å². The largest absolute Gasteiger partial charge is 0.468 e. The van der Waals surface area contributed by atoms with Crippen molar-refractivity contribution >= 4 is 11.9 Å². The number of methoxy groups -OCH3 is 1. The van der Waals surface area contributed by atoms with Crippen LogP contribution in [-0.2, 0) is 9.53 Å². The van der Waals surface area contributed by atoms with E-state index in [1.807, 2.05) is 6.92 Å². The maximum absolute atomic E-state index is 10.5. The van der Waals surface area contributed by atoms with Crippen LogP contribution in [0.15, 0.2) is 4.99 Å². The number of carbonyl (C=O) groups excluding carboxylic acids is 1. The Morgan fingerprint density at radius 3 is 2.82 bits per heavy atom. The zero-order valence-corrected chi connectivity index (χ0v) is 6.76. The molecule has 0 aromatic carbocycles. The highest BCUT2D eigenvalue weighted by Crippen LogP contribution is 1.74. The predicted molar refractivity (Wildman–Crippen MR) is 42.2 cm³/mol. The van der Waals surface area contributed by atoms with Crippen molar-refractivity contribution in [3.8, 4) is 0 Å². The van der Waals surface area contributed by atoms with Crippen molar-refractivity contribution in [2.24, 2.45) is 10.7 Å². The van der Waals surface area contributed by atoms with Crippen molar-refractivity contribution in [2.75, 3.05) is 20.2 Å². The summed E-state index contributed by atoms with van der Waals surface area (Å²) in [6.07, 6.45) is 0. The summed E-state index contributed by atoms with van der Waals surface area (Å²) in [4.78, 5) is 14.2. The Bertz CT molecular complexity index is 156. The van der Waals surface area contributed by atoms with Crippen LogP contribution in [0.4, 0.5) is 0 Å². The van der Waals surface area contributed by atoms with E-state index in [1.54, 1.807) is 0 Å². The number of hydrogen-bond donors (Lipinski definition) is 2. The Kier molecular flexibility index (Phi) is 4.89. The molecule has 64 valence electrons. The molecule has 0 saturated carbocycles. The summed E-state index contributed by atoms with van der Waals surface area (Å²) < 4.78 is 4.35. The highest BCUT2D eigenvalue weighted by molar-refractivity contribution is 5.81. The molecule has 0 unspecified atom stereocenters. The third-order valence-electron chi connectivity index (χ3n) is 0.964. The second-order valence-electron chi connectivity index (χ2n) is 1.81. The van der Waals surface area contributed by atoms with Gasteiger partial charge in [-0.2, -0.15) is 0 Å². The molecule has 0 fully saturated rings. The van der Waals surface area contributed by atoms with Crippen LogP contribution in [0, 0.1) is 0 Å². The predicted octanol–water partition coefficient (Wildman–Crippen LogP) is -0.916. The molecule has 0 aliphatic carbocycles. The smallest absolute Gasteiger partial charge is 0.327 e. The van der Waals surface area contributed by atoms with E-state index in [4.69, 9.17) is 5.73 Å². The van der Waals surface area contributed by atoms with Gasteiger partial charge in [0.25, 0.3) is 0 Å². The summed E-state index contributed by atoms with van der Waals surface area (Å²) in [7, 11) is 1.31. The lowest BCUT2D eigenvalue weighted by Gasteiger charge is -1.99. The zero-order chi connectivity index (χ0) is 8.69. The number of nitrogens with zero attached hydrogens (tertiary/aromatic N) is 1. The van der Waals surface area contributed by atoms with Gasteiger partial charge in [0.2, 0.25) is 0 Å². The lowest BCUT2D eigenvalue weighted by molar-refractivity contribution is -0.138. The van der Waals surface area contributed by atoms with Gasteiger partial charge in [-0.25, -0.2) is 4.99 Å². The quantitative estimate of drug-likeness (QED) is 0.317. The molecular weight excluding hydrogens is 146 g/mol. The third-order valence-corrected chi connectivity index (χ3v) is 0.964. The standard InChI is InChI=1S/C6H13N3O2/c1-3-8-6(7)9-4-5(10)11-2/h3-4H2,1-2H3,(H3,7,8,9). The molecule has 0 aliphatic heterocycles. The monoisotopic (exact) mass is 159 g/mol. The minimum Gasteiger partial charge on any atom is -0.468 e. The summed E-state index contributed by atoms with van der Waals surface area (Å²) in [5.74, 6) is -0.135. The minimum atomic E-state index is -0.397. The lowest BCUT2D eigenvalue weighted by atomic mass is 10.6. The van der Waals surface area contributed by atoms with Crippen LogP contribution >= 0.6 is 0 Å². The van der Waals surface area contributed by atoms with Crippen LogP contribution in [0.2, 0.25) is 0 Å². The van der Waals surface area contributed by atoms with Gasteiger partial charge < -0.3 is 15.8 Å². The molecule has 0 bridgehead atoms. The van der Waals surface area contributed by atoms with Crippen molar-refractivity contribution < 1.29 is 9.53 Å². The first-order valence-electron chi connectivity index (χ1n) is 3.31. The van der Waals surface area contributed by atoms with Gasteiger partial charge in [0, 0.05) is 6.54 Å². The normalized spacial score (nSPS) is 10.9. The fourth-order valence-corrected chi connectivity index (χ4v) is 0.451. The third kappa shape index (κ3) is 5.20. The van der Waals surface area contributed by atoms with Gasteiger partial charge in [-0.15, -0.1) is 0 Å². The topological polar surface area (TPSA) is 76.7 Å². The van der Waals surface area contributed by atoms with E-state index in [0.29, 0.717) is 6.54 Å². The molecule has 0 aromatic heterocycles. The summed E-state index contributed by atoms with van der Waals surface area (Å²) in [6.45, 7) is 2.55. The molecule has 3 N–H and O–H groups in total. The van der Waals surface area contributed by atoms with E-state index in [-0.39, 0.29) is 12.5 Å². The Morgan fingerprint density at radius 1 is 1.73 bits per heavy atom. The van der Waals surface area contributed by atoms with Gasteiger partial charge in [0.05, 0.1) is 7.11 Å². The van der Waals surface area contributed by atoms with Crippen LogP contribution in [0.3, 0.4) is 0 Å². The molecule has 0 aromatic rings. The molecule has 5 heteroatoms. The van der Waals surface area contributed by atoms with Crippen molar-refractivity contribution in [2.45, 2.75) is 6.92 Å². The van der Waals surface area contributed by atoms with E-state index in [9.17, 15) is 4.79 Å². The van der Waals surface area contributed by atoms with Crippen LogP contribution in [0.25, 0.3) is 0 Å². The number of rotatable bonds is 3. The SMILES string of the molecule is CCNC(N)=NCC(=O)OC. The maximum atomic E-state index is 10.5. The lowest BCUT2D eigenvalue weighted by Crippen LogP contribution is -2.32. The fraction of sp³-hybridized carbons (Fsp3) is 0.667. The first-order valence-corrected chi connectivity index (χ1v) is 3.31. The molecular formula is C6H13N3O2. The summed E-state index contributed by atoms with van der Waals surface area (Å²) in [5, 5.41) is 2.74. The van der Waals surface area contributed by atoms with Crippen molar-refractivity contribution in [1.82, 2.24) is 5.32 Å². The van der Waals surface area contributed by atoms with Gasteiger partial charge in [-0.1, -0.05) is 0 Å². The fourth-order valence-electron chi connectivity index (χ4n) is 0.451. The van der Waals surface area contributed by atoms with Crippen molar-refractivity contribution in [3.05, 3.63) is 0 Å². The first-order chi connectivity index (χ1) is 5.20. The number of ether oxygens (including phenoxy) is 1. The number of hydrogen-bond acceptors (Lipinski definition) is 3. The Balaban J connectivity index is 3.63. The van der Waals surface area contributed by atoms with Gasteiger partial charge in [0.1, 0.15) is 6.54 Å². The van der Waals surface area contributed by atoms with E-state index >= 15 is 0 Å². The first kappa shape index (κ1) is 9.74. The number of carbonyl (C=O) groups is 1. The van der Waals surface area contributed by atoms with Crippen LogP contribution < -0.4 is 11.1 Å². The Labute approximate surface area is 65.6 Å². The number of guanidine groups is 1. The number of nitrogens with two attached hydrogens (primary N) is 1. The second kappa shape index (κ2) is 5.52. The number of aliphatic imine (C=N–C) groups is 1. The van der Waals surface area contributed by atoms with E-state index in [0.717, 1.165) is 0 Å². The van der Waals surface area contributed by atoms with Crippen molar-refractivity contribution in [1.29, 1.82) is 0 Å². The Morgan fingerprint density at radius 2 is 2.36 bits per heavy atom. The average molecular weight is 159 g/mol. The minimum absolute atomic E-state index is 0.0324. The molecule has 5 nitrogen and oxygen atoms in total. The van der Waals surface area contributed by atoms with Crippen LogP contribution in [0.5, 0.6) is 0 Å². The average Bonchev–Trinajstić information content (AvgIpc) is 2.01. The number of esters is 1. The molecule has 0 rings (SSSR count). The number of nitrogens with one attached hydrogen (secondary N) is 1. The molecule has 0 amide bonds. The highest BCUT2D eigenvalue weighted by atomic mass is 16.5. The molecule has 0 radical (unpaired) electrons. The molecule has 0 aliphatic rings. The van der Waals surface area contributed by atoms with E-state index < -0.39 is 5.97 Å². The molecule has 0 saturated heterocycles. The van der Waals surface area contributed by atoms with Crippen molar-refractivity contribution in [3.63, 3.8) is 0 Å². The summed E-state index contributed by atoms with van der Waals surface area (Å²) >= 11 is 0. The molecule has 0 heterocycles. The Hall–Kier alpha value is -1.26. The maximum Gasteiger partial charge on any atom is 0.327 e. The molecule has 0 spiro atoms. The summed E-state index contributed by atoms with van der Waals surface area (Å²) in [5.41, 5.74) is 5.32. The highest BCUT2D eigenvalue weighted by Gasteiger charge is 1.96. The van der Waals surface area contributed by atoms with Gasteiger partial charge in [-0.05, 0) is 6.92 Å². The zero-order valence-electron chi connectivity index (χ0n) is 6.76. The molecule has 11 heavy (non-hydrogen) atoms. The van der Waals surface area contributed by atoms with E-state index in [2.05, 4.69) is 15.0 Å². The van der Waals surface area contributed by atoms with Gasteiger partial charge in [-0.3, -0.25) is 4.79 Å². The van der Waals surface area contributed by atoms with Crippen LogP contribution in [0.1, 0.15) is 6.92 Å². The summed E-state index contributed by atoms with van der Waals surface area (Å²) in [6, 6.07) is 0.